The lowest BCUT2D eigenvalue weighted by molar-refractivity contribution is 0.102. The highest BCUT2D eigenvalue weighted by Gasteiger charge is 2.11. The van der Waals surface area contributed by atoms with Crippen LogP contribution in [0.25, 0.3) is 0 Å². The highest BCUT2D eigenvalue weighted by atomic mass is 35.5. The number of carbonyl (C=O) groups is 1. The molecule has 32 heavy (non-hydrogen) atoms. The molecule has 0 unspecified atom stereocenters. The molecule has 0 aliphatic heterocycles. The first-order valence-corrected chi connectivity index (χ1v) is 9.99. The van der Waals surface area contributed by atoms with Crippen molar-refractivity contribution in [3.63, 3.8) is 0 Å². The number of nitrogens with zero attached hydrogens (tertiary/aromatic N) is 4. The van der Waals surface area contributed by atoms with Crippen LogP contribution in [-0.2, 0) is 13.5 Å². The summed E-state index contributed by atoms with van der Waals surface area (Å²) in [5, 5.41) is 11.8. The summed E-state index contributed by atoms with van der Waals surface area (Å²) < 4.78 is 19.5. The molecule has 2 aromatic heterocycles. The van der Waals surface area contributed by atoms with Gasteiger partial charge >= 0.3 is 0 Å². The summed E-state index contributed by atoms with van der Waals surface area (Å²) in [6.07, 6.45) is 4.86. The average molecular weight is 454 g/mol. The van der Waals surface area contributed by atoms with Crippen molar-refractivity contribution < 1.29 is 19.0 Å². The molecule has 4 aromatic rings. The van der Waals surface area contributed by atoms with Crippen LogP contribution in [0.3, 0.4) is 0 Å². The second kappa shape index (κ2) is 9.88. The molecule has 1 amide bonds. The zero-order valence-corrected chi connectivity index (χ0v) is 17.9. The molecule has 0 fully saturated rings. The Balaban J connectivity index is 1.28. The topological polar surface area (TPSA) is 92.4 Å². The number of benzene rings is 2. The van der Waals surface area contributed by atoms with E-state index in [0.29, 0.717) is 22.2 Å². The normalized spacial score (nSPS) is 10.6. The van der Waals surface area contributed by atoms with Crippen LogP contribution < -0.4 is 19.5 Å². The van der Waals surface area contributed by atoms with Gasteiger partial charge in [0, 0.05) is 11.2 Å². The molecular weight excluding hydrogens is 434 g/mol. The van der Waals surface area contributed by atoms with Crippen LogP contribution in [0.5, 0.6) is 17.2 Å². The number of nitrogens with one attached hydrogen (secondary N) is 1. The fourth-order valence-electron chi connectivity index (χ4n) is 2.76. The minimum absolute atomic E-state index is 0.165. The van der Waals surface area contributed by atoms with Gasteiger partial charge in [-0.1, -0.05) is 17.7 Å². The Morgan fingerprint density at radius 1 is 1.00 bits per heavy atom. The smallest absolute Gasteiger partial charge is 0.276 e. The lowest BCUT2D eigenvalue weighted by Crippen LogP contribution is -2.14. The van der Waals surface area contributed by atoms with E-state index in [2.05, 4.69) is 15.5 Å². The first kappa shape index (κ1) is 21.3. The molecule has 10 heteroatoms. The second-order valence-corrected chi connectivity index (χ2v) is 7.08. The zero-order valence-electron chi connectivity index (χ0n) is 17.1. The maximum absolute atomic E-state index is 12.5. The number of rotatable bonds is 9. The van der Waals surface area contributed by atoms with Crippen LogP contribution in [0.4, 0.5) is 5.69 Å². The van der Waals surface area contributed by atoms with E-state index in [-0.39, 0.29) is 25.1 Å². The Bertz CT molecular complexity index is 1190. The number of methoxy groups -OCH3 is 1. The summed E-state index contributed by atoms with van der Waals surface area (Å²) >= 11 is 5.94. The van der Waals surface area contributed by atoms with Gasteiger partial charge in [0.1, 0.15) is 17.2 Å². The van der Waals surface area contributed by atoms with Gasteiger partial charge in [-0.3, -0.25) is 4.79 Å². The predicted molar refractivity (Wildman–Crippen MR) is 118 cm³/mol. The van der Waals surface area contributed by atoms with E-state index in [0.717, 1.165) is 5.75 Å². The number of hydrogen-bond donors (Lipinski definition) is 1. The molecule has 0 radical (unpaired) electrons. The average Bonchev–Trinajstić information content (AvgIpc) is 3.46. The number of ether oxygens (including phenoxy) is 3. The van der Waals surface area contributed by atoms with E-state index < -0.39 is 0 Å². The second-order valence-electron chi connectivity index (χ2n) is 6.64. The van der Waals surface area contributed by atoms with Crippen LogP contribution in [0.1, 0.15) is 10.5 Å². The van der Waals surface area contributed by atoms with Gasteiger partial charge in [-0.05, 0) is 48.5 Å². The third kappa shape index (κ3) is 5.58. The fraction of sp³-hybridized carbons (Fsp3) is 0.136. The van der Waals surface area contributed by atoms with E-state index in [1.54, 1.807) is 78.8 Å². The first-order chi connectivity index (χ1) is 15.6. The molecule has 2 aromatic carbocycles. The molecule has 164 valence electrons. The maximum atomic E-state index is 12.5. The number of carbonyl (C=O) groups excluding carboxylic acids is 1. The Morgan fingerprint density at radius 3 is 2.53 bits per heavy atom. The quantitative estimate of drug-likeness (QED) is 0.410. The molecule has 0 aliphatic rings. The van der Waals surface area contributed by atoms with Crippen molar-refractivity contribution in [3.8, 4) is 17.2 Å². The molecule has 9 nitrogen and oxygen atoms in total. The highest BCUT2D eigenvalue weighted by Crippen LogP contribution is 2.18. The third-order valence-corrected chi connectivity index (χ3v) is 4.58. The molecule has 2 heterocycles. The molecule has 0 aliphatic carbocycles. The van der Waals surface area contributed by atoms with E-state index in [1.165, 1.54) is 10.9 Å². The van der Waals surface area contributed by atoms with Crippen LogP contribution in [0, 0.1) is 0 Å². The summed E-state index contributed by atoms with van der Waals surface area (Å²) in [7, 11) is 1.60. The molecule has 0 saturated heterocycles. The van der Waals surface area contributed by atoms with Crippen molar-refractivity contribution in [1.29, 1.82) is 0 Å². The number of amides is 1. The summed E-state index contributed by atoms with van der Waals surface area (Å²) in [6, 6.07) is 15.9. The molecule has 0 spiro atoms. The molecule has 1 N–H and O–H groups in total. The van der Waals surface area contributed by atoms with Crippen molar-refractivity contribution in [1.82, 2.24) is 19.6 Å². The molecule has 0 saturated carbocycles. The number of aromatic nitrogens is 4. The molecule has 4 rings (SSSR count). The van der Waals surface area contributed by atoms with Gasteiger partial charge in [0.15, 0.2) is 19.2 Å². The minimum Gasteiger partial charge on any atom is -0.497 e. The van der Waals surface area contributed by atoms with Gasteiger partial charge in [0.05, 0.1) is 25.2 Å². The number of hydrogen-bond acceptors (Lipinski definition) is 6. The van der Waals surface area contributed by atoms with Crippen molar-refractivity contribution in [3.05, 3.63) is 83.9 Å². The lowest BCUT2D eigenvalue weighted by Gasteiger charge is -2.07. The van der Waals surface area contributed by atoms with Gasteiger partial charge in [-0.2, -0.15) is 10.2 Å². The summed E-state index contributed by atoms with van der Waals surface area (Å²) in [5.41, 5.74) is 0.778. The van der Waals surface area contributed by atoms with E-state index in [4.69, 9.17) is 25.8 Å². The van der Waals surface area contributed by atoms with E-state index in [9.17, 15) is 4.79 Å². The van der Waals surface area contributed by atoms with Gasteiger partial charge in [0.2, 0.25) is 0 Å². The Labute approximate surface area is 189 Å². The summed E-state index contributed by atoms with van der Waals surface area (Å²) in [4.78, 5) is 12.5. The van der Waals surface area contributed by atoms with Crippen LogP contribution in [-0.4, -0.2) is 32.6 Å². The van der Waals surface area contributed by atoms with Crippen molar-refractivity contribution in [2.24, 2.45) is 0 Å². The Kier molecular flexibility index (Phi) is 6.57. The van der Waals surface area contributed by atoms with Crippen molar-refractivity contribution >= 4 is 23.2 Å². The van der Waals surface area contributed by atoms with Crippen LogP contribution in [0.15, 0.2) is 73.2 Å². The standard InChI is InChI=1S/C22H20ClN5O4/c1-30-18-5-7-19(8-6-18)31-14-27-10-9-21(26-27)22(29)25-17-12-24-28(13-17)15-32-20-4-2-3-16(23)11-20/h2-13H,14-15H2,1H3,(H,25,29). The van der Waals surface area contributed by atoms with Gasteiger partial charge < -0.3 is 19.5 Å². The number of anilines is 1. The zero-order chi connectivity index (χ0) is 22.3. The highest BCUT2D eigenvalue weighted by molar-refractivity contribution is 6.30. The lowest BCUT2D eigenvalue weighted by atomic mass is 10.3. The maximum Gasteiger partial charge on any atom is 0.276 e. The SMILES string of the molecule is COc1ccc(OCn2ccc(C(=O)Nc3cnn(COc4cccc(Cl)c4)c3)n2)cc1. The Hall–Kier alpha value is -3.98. The number of halogens is 1. The van der Waals surface area contributed by atoms with Crippen LogP contribution in [0.2, 0.25) is 5.02 Å². The predicted octanol–water partition coefficient (Wildman–Crippen LogP) is 4.07. The largest absolute Gasteiger partial charge is 0.497 e. The van der Waals surface area contributed by atoms with Gasteiger partial charge in [0.25, 0.3) is 5.91 Å². The van der Waals surface area contributed by atoms with Crippen molar-refractivity contribution in [2.75, 3.05) is 12.4 Å². The van der Waals surface area contributed by atoms with Gasteiger partial charge in [-0.15, -0.1) is 0 Å². The van der Waals surface area contributed by atoms with E-state index in [1.807, 2.05) is 0 Å². The minimum atomic E-state index is -0.358. The molecule has 0 atom stereocenters. The first-order valence-electron chi connectivity index (χ1n) is 9.61. The van der Waals surface area contributed by atoms with Crippen LogP contribution >= 0.6 is 11.6 Å². The van der Waals surface area contributed by atoms with E-state index >= 15 is 0 Å². The summed E-state index contributed by atoms with van der Waals surface area (Å²) in [6.45, 7) is 0.339. The monoisotopic (exact) mass is 453 g/mol. The molecule has 0 bridgehead atoms. The summed E-state index contributed by atoms with van der Waals surface area (Å²) in [5.74, 6) is 1.68. The fourth-order valence-corrected chi connectivity index (χ4v) is 2.94. The van der Waals surface area contributed by atoms with Crippen molar-refractivity contribution in [2.45, 2.75) is 13.5 Å². The Morgan fingerprint density at radius 2 is 1.75 bits per heavy atom. The van der Waals surface area contributed by atoms with Gasteiger partial charge in [-0.25, -0.2) is 9.36 Å². The molecular formula is C22H20ClN5O4. The third-order valence-electron chi connectivity index (χ3n) is 4.35.